The molecule has 1 fully saturated rings. The van der Waals surface area contributed by atoms with Crippen LogP contribution in [0.25, 0.3) is 6.08 Å². The van der Waals surface area contributed by atoms with Gasteiger partial charge in [-0.1, -0.05) is 36.4 Å². The summed E-state index contributed by atoms with van der Waals surface area (Å²) in [6, 6.07) is 9.38. The molecule has 0 bridgehead atoms. The summed E-state index contributed by atoms with van der Waals surface area (Å²) in [6.45, 7) is 2.23. The Morgan fingerprint density at radius 1 is 1.04 bits per heavy atom. The van der Waals surface area contributed by atoms with E-state index in [0.29, 0.717) is 12.2 Å². The second-order valence-electron chi connectivity index (χ2n) is 6.16. The summed E-state index contributed by atoms with van der Waals surface area (Å²) in [7, 11) is 0. The fourth-order valence-electron chi connectivity index (χ4n) is 2.91. The van der Waals surface area contributed by atoms with Gasteiger partial charge >= 0.3 is 0 Å². The third-order valence-corrected chi connectivity index (χ3v) is 4.45. The molecule has 0 saturated carbocycles. The van der Waals surface area contributed by atoms with Gasteiger partial charge in [-0.3, -0.25) is 0 Å². The molecule has 0 N–H and O–H groups in total. The Morgan fingerprint density at radius 2 is 1.88 bits per heavy atom. The predicted molar refractivity (Wildman–Crippen MR) is 88.2 cm³/mol. The zero-order chi connectivity index (χ0) is 17.1. The number of benzene rings is 2. The molecule has 2 unspecified atom stereocenters. The molecular weight excluding hydrogens is 313 g/mol. The maximum absolute atomic E-state index is 13.7. The van der Waals surface area contributed by atoms with Gasteiger partial charge in [-0.15, -0.1) is 0 Å². The third-order valence-electron chi connectivity index (χ3n) is 4.45. The van der Waals surface area contributed by atoms with Crippen LogP contribution < -0.4 is 0 Å². The Hall–Kier alpha value is -2.07. The van der Waals surface area contributed by atoms with Crippen molar-refractivity contribution in [2.24, 2.45) is 0 Å². The number of hydrogen-bond acceptors (Lipinski definition) is 1. The molecule has 3 rings (SSSR count). The fraction of sp³-hybridized carbons (Fsp3) is 0.300. The molecule has 2 aromatic rings. The molecule has 0 aromatic heterocycles. The molecule has 0 amide bonds. The molecule has 1 aliphatic heterocycles. The van der Waals surface area contributed by atoms with Gasteiger partial charge in [-0.25, -0.2) is 13.2 Å². The van der Waals surface area contributed by atoms with Crippen LogP contribution in [0.15, 0.2) is 42.5 Å². The van der Waals surface area contributed by atoms with Gasteiger partial charge in [0.15, 0.2) is 11.6 Å². The Morgan fingerprint density at radius 3 is 2.58 bits per heavy atom. The number of halogens is 3. The monoisotopic (exact) mass is 332 g/mol. The van der Waals surface area contributed by atoms with E-state index in [4.69, 9.17) is 4.74 Å². The first kappa shape index (κ1) is 16.8. The first-order valence-electron chi connectivity index (χ1n) is 8.04. The smallest absolute Gasteiger partial charge is 0.166 e. The van der Waals surface area contributed by atoms with Crippen molar-refractivity contribution in [1.29, 1.82) is 0 Å². The summed E-state index contributed by atoms with van der Waals surface area (Å²) in [4.78, 5) is 0. The fourth-order valence-corrected chi connectivity index (χ4v) is 2.91. The van der Waals surface area contributed by atoms with E-state index >= 15 is 0 Å². The van der Waals surface area contributed by atoms with Crippen LogP contribution in [0.3, 0.4) is 0 Å². The highest BCUT2D eigenvalue weighted by Gasteiger charge is 2.22. The highest BCUT2D eigenvalue weighted by atomic mass is 19.2. The van der Waals surface area contributed by atoms with E-state index in [1.165, 1.54) is 12.1 Å². The number of aryl methyl sites for hydroxylation is 1. The normalized spacial score (nSPS) is 21.3. The SMILES string of the molecule is Cc1ccc(C2CCC(C=Cc3cccc(F)c3F)OC2)cc1F. The number of ether oxygens (including phenoxy) is 1. The standard InChI is InChI=1S/C20H19F3O/c1-13-5-6-15(11-19(13)22)16-8-10-17(24-12-16)9-7-14-3-2-4-18(21)20(14)23/h2-7,9,11,16-17H,8,10,12H2,1H3. The van der Waals surface area contributed by atoms with Crippen LogP contribution in [0.4, 0.5) is 13.2 Å². The molecule has 2 aromatic carbocycles. The topological polar surface area (TPSA) is 9.23 Å². The van der Waals surface area contributed by atoms with Crippen LogP contribution >= 0.6 is 0 Å². The molecule has 24 heavy (non-hydrogen) atoms. The highest BCUT2D eigenvalue weighted by Crippen LogP contribution is 2.30. The molecule has 1 nitrogen and oxygen atoms in total. The Kier molecular flexibility index (Phi) is 5.05. The first-order chi connectivity index (χ1) is 11.5. The minimum Gasteiger partial charge on any atom is -0.374 e. The summed E-state index contributed by atoms with van der Waals surface area (Å²) < 4.78 is 46.2. The van der Waals surface area contributed by atoms with Crippen molar-refractivity contribution in [2.75, 3.05) is 6.61 Å². The maximum atomic E-state index is 13.7. The summed E-state index contributed by atoms with van der Waals surface area (Å²) >= 11 is 0. The summed E-state index contributed by atoms with van der Waals surface area (Å²) in [6.07, 6.45) is 4.79. The predicted octanol–water partition coefficient (Wildman–Crippen LogP) is 5.39. The quantitative estimate of drug-likeness (QED) is 0.732. The summed E-state index contributed by atoms with van der Waals surface area (Å²) in [5.74, 6) is -1.74. The molecule has 126 valence electrons. The van der Waals surface area contributed by atoms with Crippen LogP contribution in [0.1, 0.15) is 35.4 Å². The average Bonchev–Trinajstić information content (AvgIpc) is 2.59. The lowest BCUT2D eigenvalue weighted by Gasteiger charge is -2.27. The minimum atomic E-state index is -0.858. The molecule has 4 heteroatoms. The molecule has 1 heterocycles. The Balaban J connectivity index is 1.61. The van der Waals surface area contributed by atoms with Crippen molar-refractivity contribution >= 4 is 6.08 Å². The van der Waals surface area contributed by atoms with Gasteiger partial charge in [0.05, 0.1) is 12.7 Å². The maximum Gasteiger partial charge on any atom is 0.166 e. The number of rotatable bonds is 3. The van der Waals surface area contributed by atoms with E-state index < -0.39 is 11.6 Å². The van der Waals surface area contributed by atoms with Crippen LogP contribution in [0, 0.1) is 24.4 Å². The van der Waals surface area contributed by atoms with Gasteiger partial charge < -0.3 is 4.74 Å². The van der Waals surface area contributed by atoms with Gasteiger partial charge in [0, 0.05) is 11.5 Å². The zero-order valence-corrected chi connectivity index (χ0v) is 13.4. The highest BCUT2D eigenvalue weighted by molar-refractivity contribution is 5.50. The van der Waals surface area contributed by atoms with E-state index in [9.17, 15) is 13.2 Å². The van der Waals surface area contributed by atoms with E-state index in [2.05, 4.69) is 0 Å². The van der Waals surface area contributed by atoms with E-state index in [-0.39, 0.29) is 23.4 Å². The average molecular weight is 332 g/mol. The molecule has 0 aliphatic carbocycles. The van der Waals surface area contributed by atoms with Crippen LogP contribution in [0.5, 0.6) is 0 Å². The second-order valence-corrected chi connectivity index (χ2v) is 6.16. The largest absolute Gasteiger partial charge is 0.374 e. The molecular formula is C20H19F3O. The lowest BCUT2D eigenvalue weighted by Crippen LogP contribution is -2.23. The van der Waals surface area contributed by atoms with Gasteiger partial charge in [0.25, 0.3) is 0 Å². The van der Waals surface area contributed by atoms with Crippen molar-refractivity contribution < 1.29 is 17.9 Å². The third kappa shape index (κ3) is 3.70. The molecule has 2 atom stereocenters. The second kappa shape index (κ2) is 7.22. The molecule has 1 aliphatic rings. The van der Waals surface area contributed by atoms with Crippen LogP contribution in [0.2, 0.25) is 0 Å². The van der Waals surface area contributed by atoms with Crippen molar-refractivity contribution in [3.05, 3.63) is 76.6 Å². The van der Waals surface area contributed by atoms with E-state index in [1.807, 2.05) is 6.07 Å². The van der Waals surface area contributed by atoms with Crippen molar-refractivity contribution in [2.45, 2.75) is 31.8 Å². The van der Waals surface area contributed by atoms with Gasteiger partial charge in [-0.2, -0.15) is 0 Å². The van der Waals surface area contributed by atoms with Gasteiger partial charge in [-0.05, 0) is 43.0 Å². The van der Waals surface area contributed by atoms with E-state index in [1.54, 1.807) is 31.2 Å². The molecule has 0 spiro atoms. The molecule has 1 saturated heterocycles. The summed E-state index contributed by atoms with van der Waals surface area (Å²) in [5, 5.41) is 0. The Labute approximate surface area is 139 Å². The van der Waals surface area contributed by atoms with Crippen molar-refractivity contribution in [3.63, 3.8) is 0 Å². The van der Waals surface area contributed by atoms with Crippen molar-refractivity contribution in [3.8, 4) is 0 Å². The van der Waals surface area contributed by atoms with E-state index in [0.717, 1.165) is 24.5 Å². The minimum absolute atomic E-state index is 0.140. The first-order valence-corrected chi connectivity index (χ1v) is 8.04. The van der Waals surface area contributed by atoms with Gasteiger partial charge in [0.1, 0.15) is 5.82 Å². The lowest BCUT2D eigenvalue weighted by atomic mass is 9.90. The molecule has 0 radical (unpaired) electrons. The summed E-state index contributed by atoms with van der Waals surface area (Å²) in [5.41, 5.74) is 1.78. The lowest BCUT2D eigenvalue weighted by molar-refractivity contribution is 0.0331. The number of hydrogen-bond donors (Lipinski definition) is 0. The van der Waals surface area contributed by atoms with Crippen LogP contribution in [-0.2, 0) is 4.74 Å². The van der Waals surface area contributed by atoms with Crippen LogP contribution in [-0.4, -0.2) is 12.7 Å². The van der Waals surface area contributed by atoms with Gasteiger partial charge in [0.2, 0.25) is 0 Å². The zero-order valence-electron chi connectivity index (χ0n) is 13.4. The Bertz CT molecular complexity index is 747. The van der Waals surface area contributed by atoms with Crippen molar-refractivity contribution in [1.82, 2.24) is 0 Å².